The van der Waals surface area contributed by atoms with Crippen molar-refractivity contribution in [3.05, 3.63) is 48.4 Å². The third kappa shape index (κ3) is 2.02. The number of hydrogen-bond donors (Lipinski definition) is 1. The minimum atomic E-state index is 0.748. The molecule has 2 nitrogen and oxygen atoms in total. The molecule has 0 unspecified atom stereocenters. The van der Waals surface area contributed by atoms with Gasteiger partial charge < -0.3 is 9.73 Å². The molecule has 0 bridgehead atoms. The van der Waals surface area contributed by atoms with E-state index in [1.807, 2.05) is 6.07 Å². The summed E-state index contributed by atoms with van der Waals surface area (Å²) in [6, 6.07) is 11.2. The van der Waals surface area contributed by atoms with Gasteiger partial charge in [0.25, 0.3) is 0 Å². The molecule has 0 saturated heterocycles. The largest absolute Gasteiger partial charge is 0.472 e. The fourth-order valence-corrected chi connectivity index (χ4v) is 1.92. The molecule has 0 atom stereocenters. The molecule has 1 aliphatic carbocycles. The first-order valence-electron chi connectivity index (χ1n) is 5.77. The molecule has 0 amide bonds. The van der Waals surface area contributed by atoms with Crippen molar-refractivity contribution in [2.45, 2.75) is 25.4 Å². The molecule has 0 aliphatic heterocycles. The summed E-state index contributed by atoms with van der Waals surface area (Å²) in [7, 11) is 0. The van der Waals surface area contributed by atoms with Gasteiger partial charge in [-0.15, -0.1) is 0 Å². The minimum absolute atomic E-state index is 0.748. The van der Waals surface area contributed by atoms with Gasteiger partial charge in [-0.2, -0.15) is 0 Å². The average molecular weight is 213 g/mol. The van der Waals surface area contributed by atoms with Crippen molar-refractivity contribution in [1.29, 1.82) is 0 Å². The van der Waals surface area contributed by atoms with Crippen LogP contribution in [0.1, 0.15) is 18.4 Å². The van der Waals surface area contributed by atoms with Crippen LogP contribution >= 0.6 is 0 Å². The van der Waals surface area contributed by atoms with Gasteiger partial charge in [-0.1, -0.05) is 24.3 Å². The molecule has 16 heavy (non-hydrogen) atoms. The molecule has 1 saturated carbocycles. The van der Waals surface area contributed by atoms with Crippen LogP contribution in [0.4, 0.5) is 0 Å². The van der Waals surface area contributed by atoms with Crippen LogP contribution in [0, 0.1) is 0 Å². The second-order valence-corrected chi connectivity index (χ2v) is 4.32. The number of benzene rings is 1. The zero-order valence-corrected chi connectivity index (χ0v) is 9.15. The predicted octanol–water partition coefficient (Wildman–Crippen LogP) is 3.20. The molecular formula is C14H15NO. The number of rotatable bonds is 4. The van der Waals surface area contributed by atoms with Crippen LogP contribution in [-0.4, -0.2) is 6.04 Å². The van der Waals surface area contributed by atoms with Crippen molar-refractivity contribution in [3.63, 3.8) is 0 Å². The van der Waals surface area contributed by atoms with Crippen LogP contribution in [0.2, 0.25) is 0 Å². The third-order valence-corrected chi connectivity index (χ3v) is 3.01. The number of nitrogens with one attached hydrogen (secondary N) is 1. The summed E-state index contributed by atoms with van der Waals surface area (Å²) >= 11 is 0. The molecule has 1 fully saturated rings. The predicted molar refractivity (Wildman–Crippen MR) is 64.0 cm³/mol. The molecule has 3 rings (SSSR count). The van der Waals surface area contributed by atoms with Gasteiger partial charge in [0.1, 0.15) is 0 Å². The highest BCUT2D eigenvalue weighted by Crippen LogP contribution is 2.25. The van der Waals surface area contributed by atoms with Crippen molar-refractivity contribution in [3.8, 4) is 11.1 Å². The van der Waals surface area contributed by atoms with Crippen molar-refractivity contribution < 1.29 is 4.42 Å². The molecule has 1 N–H and O–H groups in total. The summed E-state index contributed by atoms with van der Waals surface area (Å²) in [5, 5.41) is 3.54. The smallest absolute Gasteiger partial charge is 0.0981 e. The Morgan fingerprint density at radius 2 is 2.06 bits per heavy atom. The van der Waals surface area contributed by atoms with E-state index in [-0.39, 0.29) is 0 Å². The lowest BCUT2D eigenvalue weighted by Crippen LogP contribution is -2.15. The fraction of sp³-hybridized carbons (Fsp3) is 0.286. The van der Waals surface area contributed by atoms with Crippen LogP contribution in [0.3, 0.4) is 0 Å². The van der Waals surface area contributed by atoms with Gasteiger partial charge in [-0.05, 0) is 30.0 Å². The fourth-order valence-electron chi connectivity index (χ4n) is 1.92. The van der Waals surface area contributed by atoms with Crippen LogP contribution in [-0.2, 0) is 6.54 Å². The molecule has 1 aromatic heterocycles. The zero-order chi connectivity index (χ0) is 10.8. The minimum Gasteiger partial charge on any atom is -0.472 e. The Balaban J connectivity index is 1.85. The zero-order valence-electron chi connectivity index (χ0n) is 9.15. The first-order chi connectivity index (χ1) is 7.93. The summed E-state index contributed by atoms with van der Waals surface area (Å²) in [6.07, 6.45) is 6.18. The Hall–Kier alpha value is -1.54. The van der Waals surface area contributed by atoms with E-state index < -0.39 is 0 Å². The lowest BCUT2D eigenvalue weighted by molar-refractivity contribution is 0.568. The van der Waals surface area contributed by atoms with Gasteiger partial charge in [0.2, 0.25) is 0 Å². The lowest BCUT2D eigenvalue weighted by Gasteiger charge is -2.08. The van der Waals surface area contributed by atoms with Crippen LogP contribution in [0.5, 0.6) is 0 Å². The Labute approximate surface area is 95.3 Å². The van der Waals surface area contributed by atoms with Crippen molar-refractivity contribution in [2.75, 3.05) is 0 Å². The topological polar surface area (TPSA) is 25.2 Å². The molecule has 82 valence electrons. The second kappa shape index (κ2) is 4.14. The van der Waals surface area contributed by atoms with Gasteiger partial charge in [0, 0.05) is 18.2 Å². The maximum atomic E-state index is 5.14. The van der Waals surface area contributed by atoms with E-state index in [2.05, 4.69) is 29.6 Å². The van der Waals surface area contributed by atoms with E-state index in [1.165, 1.54) is 24.0 Å². The molecule has 2 aromatic rings. The van der Waals surface area contributed by atoms with Crippen LogP contribution < -0.4 is 5.32 Å². The van der Waals surface area contributed by atoms with E-state index in [9.17, 15) is 0 Å². The van der Waals surface area contributed by atoms with Gasteiger partial charge in [-0.25, -0.2) is 0 Å². The second-order valence-electron chi connectivity index (χ2n) is 4.32. The third-order valence-electron chi connectivity index (χ3n) is 3.01. The van der Waals surface area contributed by atoms with E-state index >= 15 is 0 Å². The average Bonchev–Trinajstić information content (AvgIpc) is 3.00. The Morgan fingerprint density at radius 1 is 1.19 bits per heavy atom. The monoisotopic (exact) mass is 213 g/mol. The van der Waals surface area contributed by atoms with Crippen LogP contribution in [0.25, 0.3) is 11.1 Å². The van der Waals surface area contributed by atoms with Gasteiger partial charge in [-0.3, -0.25) is 0 Å². The Morgan fingerprint density at radius 3 is 2.81 bits per heavy atom. The van der Waals surface area contributed by atoms with Gasteiger partial charge in [0.15, 0.2) is 0 Å². The van der Waals surface area contributed by atoms with E-state index in [0.717, 1.165) is 18.2 Å². The molecule has 0 radical (unpaired) electrons. The van der Waals surface area contributed by atoms with Crippen molar-refractivity contribution in [2.24, 2.45) is 0 Å². The summed E-state index contributed by atoms with van der Waals surface area (Å²) in [5.41, 5.74) is 3.77. The Kier molecular flexibility index (Phi) is 2.50. The highest BCUT2D eigenvalue weighted by atomic mass is 16.3. The first kappa shape index (κ1) is 9.67. The van der Waals surface area contributed by atoms with Gasteiger partial charge >= 0.3 is 0 Å². The first-order valence-corrected chi connectivity index (χ1v) is 5.77. The molecule has 2 heteroatoms. The molecule has 0 spiro atoms. The molecule has 1 aliphatic rings. The highest BCUT2D eigenvalue weighted by molar-refractivity contribution is 5.66. The normalized spacial score (nSPS) is 15.2. The summed E-state index contributed by atoms with van der Waals surface area (Å²) in [5.74, 6) is 0. The highest BCUT2D eigenvalue weighted by Gasteiger charge is 2.20. The molecule has 1 aromatic carbocycles. The number of hydrogen-bond acceptors (Lipinski definition) is 2. The van der Waals surface area contributed by atoms with E-state index in [0.29, 0.717) is 0 Å². The summed E-state index contributed by atoms with van der Waals surface area (Å²) in [6.45, 7) is 0.950. The molecular weight excluding hydrogens is 198 g/mol. The maximum absolute atomic E-state index is 5.14. The standard InChI is InChI=1S/C14H15NO/c1-2-4-14(12-7-8-16-10-12)11(3-1)9-15-13-5-6-13/h1-4,7-8,10,13,15H,5-6,9H2. The molecule has 1 heterocycles. The van der Waals surface area contributed by atoms with E-state index in [4.69, 9.17) is 4.42 Å². The SMILES string of the molecule is c1ccc(-c2ccoc2)c(CNC2CC2)c1. The summed E-state index contributed by atoms with van der Waals surface area (Å²) < 4.78 is 5.14. The van der Waals surface area contributed by atoms with Crippen molar-refractivity contribution in [1.82, 2.24) is 5.32 Å². The Bertz CT molecular complexity index is 457. The van der Waals surface area contributed by atoms with Crippen molar-refractivity contribution >= 4 is 0 Å². The maximum Gasteiger partial charge on any atom is 0.0981 e. The number of furan rings is 1. The van der Waals surface area contributed by atoms with Crippen LogP contribution in [0.15, 0.2) is 47.3 Å². The van der Waals surface area contributed by atoms with E-state index in [1.54, 1.807) is 12.5 Å². The summed E-state index contributed by atoms with van der Waals surface area (Å²) in [4.78, 5) is 0. The van der Waals surface area contributed by atoms with Gasteiger partial charge in [0.05, 0.1) is 12.5 Å². The lowest BCUT2D eigenvalue weighted by atomic mass is 10.0. The quantitative estimate of drug-likeness (QED) is 0.843.